The molecular weight excluding hydrogens is 256 g/mol. The van der Waals surface area contributed by atoms with Gasteiger partial charge in [0.15, 0.2) is 0 Å². The molecule has 1 aliphatic heterocycles. The lowest BCUT2D eigenvalue weighted by atomic mass is 10.1. The van der Waals surface area contributed by atoms with Gasteiger partial charge in [-0.25, -0.2) is 4.79 Å². The van der Waals surface area contributed by atoms with Crippen molar-refractivity contribution in [1.82, 2.24) is 10.2 Å². The zero-order valence-corrected chi connectivity index (χ0v) is 11.3. The van der Waals surface area contributed by atoms with E-state index in [1.807, 2.05) is 19.1 Å². The van der Waals surface area contributed by atoms with Gasteiger partial charge in [-0.1, -0.05) is 18.2 Å². The van der Waals surface area contributed by atoms with E-state index in [1.54, 1.807) is 23.1 Å². The second-order valence-electron chi connectivity index (χ2n) is 4.89. The molecule has 2 heterocycles. The smallest absolute Gasteiger partial charge is 0.349 e. The van der Waals surface area contributed by atoms with E-state index in [0.29, 0.717) is 12.1 Å². The molecule has 20 heavy (non-hydrogen) atoms. The number of rotatable bonds is 3. The van der Waals surface area contributed by atoms with E-state index in [1.165, 1.54) is 0 Å². The highest BCUT2D eigenvalue weighted by Gasteiger charge is 2.29. The molecule has 1 N–H and O–H groups in total. The number of hydrogen-bond donors (Lipinski definition) is 1. The number of hydrogen-bond acceptors (Lipinski definition) is 4. The maximum atomic E-state index is 12.5. The molecule has 0 aliphatic carbocycles. The predicted octanol–water partition coefficient (Wildman–Crippen LogP) is 1.23. The van der Waals surface area contributed by atoms with E-state index < -0.39 is 5.63 Å². The number of para-hydroxylation sites is 1. The van der Waals surface area contributed by atoms with Crippen LogP contribution in [0.15, 0.2) is 39.5 Å². The lowest BCUT2D eigenvalue weighted by Gasteiger charge is -2.37. The zero-order valence-electron chi connectivity index (χ0n) is 11.3. The van der Waals surface area contributed by atoms with Crippen LogP contribution >= 0.6 is 0 Å². The number of likely N-dealkylation sites (N-methyl/N-ethyl adjacent to an activating group) is 1. The quantitative estimate of drug-likeness (QED) is 0.854. The van der Waals surface area contributed by atoms with Crippen LogP contribution in [0.4, 0.5) is 0 Å². The molecule has 0 bridgehead atoms. The molecule has 1 aromatic heterocycles. The first-order valence-corrected chi connectivity index (χ1v) is 6.75. The Bertz CT molecular complexity index is 704. The Hall–Kier alpha value is -2.14. The van der Waals surface area contributed by atoms with Crippen LogP contribution in [0.2, 0.25) is 0 Å². The maximum Gasteiger partial charge on any atom is 0.349 e. The van der Waals surface area contributed by atoms with Crippen LogP contribution < -0.4 is 10.9 Å². The first-order valence-electron chi connectivity index (χ1n) is 6.75. The summed E-state index contributed by atoms with van der Waals surface area (Å²) in [5.41, 5.74) is 0.0410. The molecule has 0 atom stereocenters. The van der Waals surface area contributed by atoms with E-state index in [0.717, 1.165) is 18.5 Å². The van der Waals surface area contributed by atoms with Crippen molar-refractivity contribution in [3.05, 3.63) is 46.3 Å². The highest BCUT2D eigenvalue weighted by atomic mass is 16.4. The van der Waals surface area contributed by atoms with Crippen LogP contribution in [0.25, 0.3) is 11.0 Å². The fourth-order valence-electron chi connectivity index (χ4n) is 2.43. The van der Waals surface area contributed by atoms with Gasteiger partial charge in [-0.05, 0) is 19.1 Å². The third-order valence-electron chi connectivity index (χ3n) is 3.67. The van der Waals surface area contributed by atoms with Crippen molar-refractivity contribution in [1.29, 1.82) is 0 Å². The van der Waals surface area contributed by atoms with Crippen LogP contribution in [0, 0.1) is 0 Å². The van der Waals surface area contributed by atoms with E-state index in [4.69, 9.17) is 4.42 Å². The molecule has 1 aromatic carbocycles. The third kappa shape index (κ3) is 2.10. The summed E-state index contributed by atoms with van der Waals surface area (Å²) < 4.78 is 5.22. The van der Waals surface area contributed by atoms with Crippen LogP contribution in [-0.4, -0.2) is 36.5 Å². The topological polar surface area (TPSA) is 62.6 Å². The summed E-state index contributed by atoms with van der Waals surface area (Å²) in [6.07, 6.45) is 0. The molecule has 1 fully saturated rings. The van der Waals surface area contributed by atoms with E-state index in [2.05, 4.69) is 5.32 Å². The van der Waals surface area contributed by atoms with Gasteiger partial charge in [-0.15, -0.1) is 0 Å². The molecular formula is C15H16N2O3. The highest BCUT2D eigenvalue weighted by Crippen LogP contribution is 2.15. The predicted molar refractivity (Wildman–Crippen MR) is 75.9 cm³/mol. The highest BCUT2D eigenvalue weighted by molar-refractivity contribution is 5.96. The minimum atomic E-state index is -0.570. The number of benzene rings is 1. The summed E-state index contributed by atoms with van der Waals surface area (Å²) in [5, 5.41) is 3.89. The SMILES string of the molecule is CCN(C(=O)c1cc2ccccc2oc1=O)C1CNC1. The number of nitrogens with one attached hydrogen (secondary N) is 1. The molecule has 2 aromatic rings. The van der Waals surface area contributed by atoms with Crippen molar-refractivity contribution in [2.45, 2.75) is 13.0 Å². The second kappa shape index (κ2) is 5.09. The molecule has 1 aliphatic rings. The summed E-state index contributed by atoms with van der Waals surface area (Å²) in [6, 6.07) is 8.99. The van der Waals surface area contributed by atoms with Crippen molar-refractivity contribution in [3.8, 4) is 0 Å². The average molecular weight is 272 g/mol. The van der Waals surface area contributed by atoms with Gasteiger partial charge in [-0.2, -0.15) is 0 Å². The van der Waals surface area contributed by atoms with Gasteiger partial charge >= 0.3 is 5.63 Å². The van der Waals surface area contributed by atoms with Crippen molar-refractivity contribution in [3.63, 3.8) is 0 Å². The molecule has 104 valence electrons. The molecule has 5 heteroatoms. The molecule has 0 unspecified atom stereocenters. The Labute approximate surface area is 116 Å². The van der Waals surface area contributed by atoms with Crippen molar-refractivity contribution in [2.75, 3.05) is 19.6 Å². The lowest BCUT2D eigenvalue weighted by molar-refractivity contribution is 0.0626. The largest absolute Gasteiger partial charge is 0.422 e. The number of fused-ring (bicyclic) bond motifs is 1. The summed E-state index contributed by atoms with van der Waals surface area (Å²) in [4.78, 5) is 26.2. The van der Waals surface area contributed by atoms with E-state index in [9.17, 15) is 9.59 Å². The van der Waals surface area contributed by atoms with Gasteiger partial charge in [0.25, 0.3) is 5.91 Å². The summed E-state index contributed by atoms with van der Waals surface area (Å²) in [5.74, 6) is -0.251. The fourth-order valence-corrected chi connectivity index (χ4v) is 2.43. The Morgan fingerprint density at radius 2 is 2.15 bits per heavy atom. The Balaban J connectivity index is 2.02. The number of nitrogens with zero attached hydrogens (tertiary/aromatic N) is 1. The maximum absolute atomic E-state index is 12.5. The molecule has 0 saturated carbocycles. The van der Waals surface area contributed by atoms with Gasteiger partial charge in [0, 0.05) is 25.0 Å². The molecule has 3 rings (SSSR count). The van der Waals surface area contributed by atoms with Gasteiger partial charge in [-0.3, -0.25) is 4.79 Å². The van der Waals surface area contributed by atoms with Crippen LogP contribution in [0.1, 0.15) is 17.3 Å². The minimum Gasteiger partial charge on any atom is -0.422 e. The average Bonchev–Trinajstić information content (AvgIpc) is 2.41. The van der Waals surface area contributed by atoms with E-state index in [-0.39, 0.29) is 17.5 Å². The minimum absolute atomic E-state index is 0.109. The van der Waals surface area contributed by atoms with E-state index >= 15 is 0 Å². The molecule has 0 radical (unpaired) electrons. The van der Waals surface area contributed by atoms with Crippen molar-refractivity contribution >= 4 is 16.9 Å². The fraction of sp³-hybridized carbons (Fsp3) is 0.333. The normalized spacial score (nSPS) is 15.1. The molecule has 1 saturated heterocycles. The molecule has 5 nitrogen and oxygen atoms in total. The van der Waals surface area contributed by atoms with Crippen LogP contribution in [-0.2, 0) is 0 Å². The van der Waals surface area contributed by atoms with Crippen molar-refractivity contribution in [2.24, 2.45) is 0 Å². The van der Waals surface area contributed by atoms with Crippen LogP contribution in [0.3, 0.4) is 0 Å². The van der Waals surface area contributed by atoms with Crippen LogP contribution in [0.5, 0.6) is 0 Å². The summed E-state index contributed by atoms with van der Waals surface area (Å²) in [7, 11) is 0. The van der Waals surface area contributed by atoms with Gasteiger partial charge < -0.3 is 14.6 Å². The monoisotopic (exact) mass is 272 g/mol. The Kier molecular flexibility index (Phi) is 3.28. The third-order valence-corrected chi connectivity index (χ3v) is 3.67. The first-order chi connectivity index (χ1) is 9.70. The first kappa shape index (κ1) is 12.9. The Morgan fingerprint density at radius 3 is 2.80 bits per heavy atom. The van der Waals surface area contributed by atoms with Crippen molar-refractivity contribution < 1.29 is 9.21 Å². The molecule has 0 spiro atoms. The molecule has 1 amide bonds. The second-order valence-corrected chi connectivity index (χ2v) is 4.89. The Morgan fingerprint density at radius 1 is 1.40 bits per heavy atom. The summed E-state index contributed by atoms with van der Waals surface area (Å²) >= 11 is 0. The summed E-state index contributed by atoms with van der Waals surface area (Å²) in [6.45, 7) is 4.05. The van der Waals surface area contributed by atoms with Gasteiger partial charge in [0.2, 0.25) is 0 Å². The zero-order chi connectivity index (χ0) is 14.1. The number of carbonyl (C=O) groups is 1. The number of carbonyl (C=O) groups excluding carboxylic acids is 1. The number of amides is 1. The van der Waals surface area contributed by atoms with Gasteiger partial charge in [0.1, 0.15) is 11.1 Å². The standard InChI is InChI=1S/C15H16N2O3/c1-2-17(11-8-16-9-11)14(18)12-7-10-5-3-4-6-13(10)20-15(12)19/h3-7,11,16H,2,8-9H2,1H3. The van der Waals surface area contributed by atoms with Gasteiger partial charge in [0.05, 0.1) is 6.04 Å². The lowest BCUT2D eigenvalue weighted by Crippen LogP contribution is -2.59.